The quantitative estimate of drug-likeness (QED) is 0.701. The first kappa shape index (κ1) is 13.0. The summed E-state index contributed by atoms with van der Waals surface area (Å²) in [5.41, 5.74) is 1.61. The highest BCUT2D eigenvalue weighted by molar-refractivity contribution is 5.85. The lowest BCUT2D eigenvalue weighted by Gasteiger charge is -2.20. The summed E-state index contributed by atoms with van der Waals surface area (Å²) in [6.45, 7) is 3.30. The molecule has 2 aliphatic rings. The van der Waals surface area contributed by atoms with Crippen molar-refractivity contribution in [1.82, 2.24) is 5.32 Å². The van der Waals surface area contributed by atoms with E-state index in [9.17, 15) is 0 Å². The highest BCUT2D eigenvalue weighted by Crippen LogP contribution is 2.19. The van der Waals surface area contributed by atoms with Crippen molar-refractivity contribution in [3.05, 3.63) is 11.6 Å². The van der Waals surface area contributed by atoms with Gasteiger partial charge < -0.3 is 10.1 Å². The van der Waals surface area contributed by atoms with Crippen LogP contribution in [0.15, 0.2) is 11.6 Å². The molecule has 0 aliphatic carbocycles. The maximum atomic E-state index is 5.72. The first-order chi connectivity index (χ1) is 6.95. The molecule has 1 atom stereocenters. The molecule has 0 saturated carbocycles. The van der Waals surface area contributed by atoms with Crippen LogP contribution in [0.2, 0.25) is 0 Å². The van der Waals surface area contributed by atoms with E-state index in [2.05, 4.69) is 11.4 Å². The molecule has 2 aliphatic heterocycles. The Balaban J connectivity index is 0.00000112. The Bertz CT molecular complexity index is 190. The summed E-state index contributed by atoms with van der Waals surface area (Å²) in [6, 6.07) is 0. The first-order valence-electron chi connectivity index (χ1n) is 5.97. The topological polar surface area (TPSA) is 21.3 Å². The summed E-state index contributed by atoms with van der Waals surface area (Å²) < 4.78 is 5.72. The zero-order valence-electron chi connectivity index (χ0n) is 9.34. The average Bonchev–Trinajstić information content (AvgIpc) is 2.48. The maximum Gasteiger partial charge on any atom is 0.0758 e. The van der Waals surface area contributed by atoms with Crippen LogP contribution < -0.4 is 5.32 Å². The minimum Gasteiger partial charge on any atom is -0.374 e. The van der Waals surface area contributed by atoms with Gasteiger partial charge in [0, 0.05) is 6.61 Å². The van der Waals surface area contributed by atoms with Crippen molar-refractivity contribution < 1.29 is 4.74 Å². The minimum absolute atomic E-state index is 0. The molecule has 2 saturated heterocycles. The van der Waals surface area contributed by atoms with E-state index in [0.29, 0.717) is 6.10 Å². The van der Waals surface area contributed by atoms with Crippen LogP contribution in [0.5, 0.6) is 0 Å². The van der Waals surface area contributed by atoms with Crippen LogP contribution in [0.4, 0.5) is 0 Å². The van der Waals surface area contributed by atoms with E-state index in [4.69, 9.17) is 4.74 Å². The zero-order chi connectivity index (χ0) is 9.64. The second-order valence-electron chi connectivity index (χ2n) is 4.33. The number of rotatable bonds is 1. The van der Waals surface area contributed by atoms with Crippen LogP contribution in [-0.2, 0) is 4.74 Å². The van der Waals surface area contributed by atoms with E-state index in [1.54, 1.807) is 5.57 Å². The normalized spacial score (nSPS) is 30.7. The lowest BCUT2D eigenvalue weighted by atomic mass is 10.0. The van der Waals surface area contributed by atoms with Gasteiger partial charge in [-0.25, -0.2) is 0 Å². The Kier molecular flexibility index (Phi) is 6.30. The second kappa shape index (κ2) is 7.26. The van der Waals surface area contributed by atoms with Gasteiger partial charge in [0.1, 0.15) is 0 Å². The highest BCUT2D eigenvalue weighted by atomic mass is 35.5. The number of hydrogen-bond acceptors (Lipinski definition) is 2. The highest BCUT2D eigenvalue weighted by Gasteiger charge is 2.12. The molecule has 0 amide bonds. The fourth-order valence-corrected chi connectivity index (χ4v) is 2.27. The van der Waals surface area contributed by atoms with Gasteiger partial charge in [0.25, 0.3) is 0 Å². The summed E-state index contributed by atoms with van der Waals surface area (Å²) in [5.74, 6) is 0. The van der Waals surface area contributed by atoms with E-state index in [1.807, 2.05) is 0 Å². The molecular formula is C12H22ClNO. The maximum absolute atomic E-state index is 5.72. The van der Waals surface area contributed by atoms with Gasteiger partial charge in [0.15, 0.2) is 0 Å². The molecule has 3 heteroatoms. The van der Waals surface area contributed by atoms with Gasteiger partial charge in [-0.3, -0.25) is 0 Å². The lowest BCUT2D eigenvalue weighted by molar-refractivity contribution is 0.0459. The van der Waals surface area contributed by atoms with Crippen LogP contribution in [0.3, 0.4) is 0 Å². The molecule has 0 aromatic carbocycles. The minimum atomic E-state index is 0. The molecule has 1 unspecified atom stereocenters. The summed E-state index contributed by atoms with van der Waals surface area (Å²) >= 11 is 0. The van der Waals surface area contributed by atoms with E-state index in [0.717, 1.165) is 13.2 Å². The van der Waals surface area contributed by atoms with E-state index >= 15 is 0 Å². The van der Waals surface area contributed by atoms with Crippen molar-refractivity contribution >= 4 is 12.4 Å². The van der Waals surface area contributed by atoms with Gasteiger partial charge in [0.2, 0.25) is 0 Å². The SMILES string of the molecule is C(=C1\CCCNCC1)/C1CCCCO1.Cl. The van der Waals surface area contributed by atoms with E-state index < -0.39 is 0 Å². The van der Waals surface area contributed by atoms with Crippen molar-refractivity contribution in [2.45, 2.75) is 44.6 Å². The van der Waals surface area contributed by atoms with Crippen molar-refractivity contribution in [3.63, 3.8) is 0 Å². The molecule has 88 valence electrons. The van der Waals surface area contributed by atoms with Crippen LogP contribution in [0, 0.1) is 0 Å². The van der Waals surface area contributed by atoms with Crippen LogP contribution in [-0.4, -0.2) is 25.8 Å². The van der Waals surface area contributed by atoms with Crippen LogP contribution >= 0.6 is 12.4 Å². The summed E-state index contributed by atoms with van der Waals surface area (Å²) in [7, 11) is 0. The lowest BCUT2D eigenvalue weighted by Crippen LogP contribution is -2.17. The van der Waals surface area contributed by atoms with Gasteiger partial charge in [0.05, 0.1) is 6.10 Å². The number of halogens is 1. The number of ether oxygens (including phenoxy) is 1. The Morgan fingerprint density at radius 3 is 2.87 bits per heavy atom. The Hall–Kier alpha value is -0.0500. The monoisotopic (exact) mass is 231 g/mol. The van der Waals surface area contributed by atoms with Crippen LogP contribution in [0.1, 0.15) is 38.5 Å². The fourth-order valence-electron chi connectivity index (χ4n) is 2.27. The molecular weight excluding hydrogens is 210 g/mol. The van der Waals surface area contributed by atoms with Gasteiger partial charge in [-0.1, -0.05) is 11.6 Å². The predicted molar refractivity (Wildman–Crippen MR) is 65.6 cm³/mol. The zero-order valence-corrected chi connectivity index (χ0v) is 10.2. The Morgan fingerprint density at radius 2 is 2.07 bits per heavy atom. The molecule has 2 nitrogen and oxygen atoms in total. The first-order valence-corrected chi connectivity index (χ1v) is 5.97. The largest absolute Gasteiger partial charge is 0.374 e. The molecule has 0 radical (unpaired) electrons. The summed E-state index contributed by atoms with van der Waals surface area (Å²) in [4.78, 5) is 0. The molecule has 15 heavy (non-hydrogen) atoms. The smallest absolute Gasteiger partial charge is 0.0758 e. The summed E-state index contributed by atoms with van der Waals surface area (Å²) in [6.07, 6.45) is 10.4. The van der Waals surface area contributed by atoms with Gasteiger partial charge in [-0.15, -0.1) is 12.4 Å². The molecule has 2 rings (SSSR count). The van der Waals surface area contributed by atoms with Crippen molar-refractivity contribution in [2.24, 2.45) is 0 Å². The fraction of sp³-hybridized carbons (Fsp3) is 0.833. The standard InChI is InChI=1S/C12H21NO.ClH/c1-2-9-14-12(5-1)10-11-4-3-7-13-8-6-11;/h10,12-13H,1-9H2;1H/b11-10-;. The number of nitrogens with one attached hydrogen (secondary N) is 1. The average molecular weight is 232 g/mol. The molecule has 2 heterocycles. The molecule has 0 bridgehead atoms. The van der Waals surface area contributed by atoms with Gasteiger partial charge in [-0.2, -0.15) is 0 Å². The van der Waals surface area contributed by atoms with E-state index in [1.165, 1.54) is 45.1 Å². The number of hydrogen-bond donors (Lipinski definition) is 1. The summed E-state index contributed by atoms with van der Waals surface area (Å²) in [5, 5.41) is 3.43. The third kappa shape index (κ3) is 4.54. The molecule has 0 aromatic rings. The van der Waals surface area contributed by atoms with Crippen molar-refractivity contribution in [2.75, 3.05) is 19.7 Å². The van der Waals surface area contributed by atoms with Gasteiger partial charge >= 0.3 is 0 Å². The third-order valence-corrected chi connectivity index (χ3v) is 3.11. The van der Waals surface area contributed by atoms with Crippen molar-refractivity contribution in [1.29, 1.82) is 0 Å². The van der Waals surface area contributed by atoms with Crippen LogP contribution in [0.25, 0.3) is 0 Å². The van der Waals surface area contributed by atoms with E-state index in [-0.39, 0.29) is 12.4 Å². The Labute approximate surface area is 98.9 Å². The third-order valence-electron chi connectivity index (χ3n) is 3.11. The molecule has 2 fully saturated rings. The predicted octanol–water partition coefficient (Wildman–Crippen LogP) is 2.68. The molecule has 1 N–H and O–H groups in total. The van der Waals surface area contributed by atoms with Crippen molar-refractivity contribution in [3.8, 4) is 0 Å². The molecule has 0 spiro atoms. The second-order valence-corrected chi connectivity index (χ2v) is 4.33. The Morgan fingerprint density at radius 1 is 1.13 bits per heavy atom. The molecule has 0 aromatic heterocycles. The van der Waals surface area contributed by atoms with Gasteiger partial charge in [-0.05, 0) is 51.6 Å².